The summed E-state index contributed by atoms with van der Waals surface area (Å²) in [6.45, 7) is 0. The first-order chi connectivity index (χ1) is 11.9. The predicted molar refractivity (Wildman–Crippen MR) is 78.4 cm³/mol. The molecule has 0 aliphatic heterocycles. The molecule has 0 bridgehead atoms. The summed E-state index contributed by atoms with van der Waals surface area (Å²) in [5, 5.41) is 8.80. The number of rotatable bonds is 3. The Kier molecular flexibility index (Phi) is 4.92. The van der Waals surface area contributed by atoms with Gasteiger partial charge in [-0.1, -0.05) is 12.1 Å². The van der Waals surface area contributed by atoms with Crippen molar-refractivity contribution in [1.82, 2.24) is 0 Å². The molecule has 0 heterocycles. The van der Waals surface area contributed by atoms with Crippen molar-refractivity contribution in [1.29, 1.82) is 5.26 Å². The lowest BCUT2D eigenvalue weighted by atomic mass is 10.1. The van der Waals surface area contributed by atoms with Crippen molar-refractivity contribution < 1.29 is 34.8 Å². The van der Waals surface area contributed by atoms with Crippen molar-refractivity contribution in [3.8, 4) is 6.07 Å². The van der Waals surface area contributed by atoms with Crippen molar-refractivity contribution >= 4 is 15.7 Å². The van der Waals surface area contributed by atoms with Gasteiger partial charge in [0, 0.05) is 0 Å². The first kappa shape index (κ1) is 19.6. The van der Waals surface area contributed by atoms with E-state index in [1.807, 2.05) is 0 Å². The predicted octanol–water partition coefficient (Wildman–Crippen LogP) is 4.40. The van der Waals surface area contributed by atoms with E-state index in [2.05, 4.69) is 0 Å². The summed E-state index contributed by atoms with van der Waals surface area (Å²) in [5.74, 6) is 0. The molecule has 1 N–H and O–H groups in total. The Morgan fingerprint density at radius 2 is 1.46 bits per heavy atom. The zero-order valence-electron chi connectivity index (χ0n) is 12.5. The van der Waals surface area contributed by atoms with Gasteiger partial charge in [0.05, 0.1) is 33.3 Å². The quantitative estimate of drug-likeness (QED) is 0.785. The van der Waals surface area contributed by atoms with E-state index >= 15 is 0 Å². The van der Waals surface area contributed by atoms with Crippen LogP contribution in [0.3, 0.4) is 0 Å². The fourth-order valence-corrected chi connectivity index (χ4v) is 3.37. The Bertz CT molecular complexity index is 975. The van der Waals surface area contributed by atoms with Gasteiger partial charge >= 0.3 is 12.4 Å². The molecule has 0 atom stereocenters. The third-order valence-corrected chi connectivity index (χ3v) is 4.62. The second-order valence-electron chi connectivity index (χ2n) is 4.97. The molecule has 0 unspecified atom stereocenters. The van der Waals surface area contributed by atoms with Gasteiger partial charge in [-0.15, -0.1) is 0 Å². The number of halogens is 6. The maximum Gasteiger partial charge on any atom is 0.417 e. The van der Waals surface area contributed by atoms with Crippen molar-refractivity contribution in [3.05, 3.63) is 59.2 Å². The van der Waals surface area contributed by atoms with Crippen LogP contribution >= 0.6 is 0 Å². The van der Waals surface area contributed by atoms with E-state index in [4.69, 9.17) is 5.26 Å². The second kappa shape index (κ2) is 6.53. The first-order valence-corrected chi connectivity index (χ1v) is 8.15. The van der Waals surface area contributed by atoms with Gasteiger partial charge in [-0.3, -0.25) is 4.72 Å². The Morgan fingerprint density at radius 1 is 0.885 bits per heavy atom. The lowest BCUT2D eigenvalue weighted by molar-refractivity contribution is -0.140. The first-order valence-electron chi connectivity index (χ1n) is 6.66. The van der Waals surface area contributed by atoms with Gasteiger partial charge in [0.2, 0.25) is 0 Å². The highest BCUT2D eigenvalue weighted by Crippen LogP contribution is 2.36. The minimum Gasteiger partial charge on any atom is -0.280 e. The Morgan fingerprint density at radius 3 is 2.00 bits per heavy atom. The van der Waals surface area contributed by atoms with Gasteiger partial charge in [0.15, 0.2) is 0 Å². The highest BCUT2D eigenvalue weighted by Gasteiger charge is 2.37. The minimum absolute atomic E-state index is 0.464. The number of anilines is 1. The molecule has 0 fully saturated rings. The fourth-order valence-electron chi connectivity index (χ4n) is 2.09. The van der Waals surface area contributed by atoms with E-state index in [0.29, 0.717) is 30.3 Å². The van der Waals surface area contributed by atoms with Crippen molar-refractivity contribution in [2.45, 2.75) is 17.2 Å². The summed E-state index contributed by atoms with van der Waals surface area (Å²) < 4.78 is 103. The van der Waals surface area contributed by atoms with Crippen LogP contribution in [0.15, 0.2) is 47.4 Å². The number of nitriles is 1. The topological polar surface area (TPSA) is 70.0 Å². The summed E-state index contributed by atoms with van der Waals surface area (Å²) in [7, 11) is -4.76. The monoisotopic (exact) mass is 394 g/mol. The van der Waals surface area contributed by atoms with Crippen molar-refractivity contribution in [3.63, 3.8) is 0 Å². The highest BCUT2D eigenvalue weighted by molar-refractivity contribution is 7.92. The number of hydrogen-bond donors (Lipinski definition) is 1. The van der Waals surface area contributed by atoms with Gasteiger partial charge < -0.3 is 0 Å². The van der Waals surface area contributed by atoms with Crippen LogP contribution in [-0.4, -0.2) is 8.42 Å². The average molecular weight is 394 g/mol. The average Bonchev–Trinajstić information content (AvgIpc) is 2.52. The molecule has 11 heteroatoms. The Labute approximate surface area is 143 Å². The third-order valence-electron chi connectivity index (χ3n) is 3.18. The molecule has 0 aromatic heterocycles. The Balaban J connectivity index is 2.48. The van der Waals surface area contributed by atoms with Gasteiger partial charge in [-0.25, -0.2) is 8.42 Å². The number of nitrogens with one attached hydrogen (secondary N) is 1. The van der Waals surface area contributed by atoms with E-state index in [9.17, 15) is 34.8 Å². The van der Waals surface area contributed by atoms with Crippen molar-refractivity contribution in [2.24, 2.45) is 0 Å². The number of sulfonamides is 1. The molecule has 0 saturated heterocycles. The molecule has 2 aromatic rings. The Hall–Kier alpha value is -2.74. The van der Waals surface area contributed by atoms with Gasteiger partial charge in [-0.2, -0.15) is 31.6 Å². The summed E-state index contributed by atoms with van der Waals surface area (Å²) in [6.07, 6.45) is -9.80. The number of benzene rings is 2. The van der Waals surface area contributed by atoms with E-state index in [0.717, 1.165) is 12.1 Å². The molecule has 0 amide bonds. The summed E-state index contributed by atoms with van der Waals surface area (Å²) in [6, 6.07) is 6.36. The van der Waals surface area contributed by atoms with Crippen molar-refractivity contribution in [2.75, 3.05) is 4.72 Å². The summed E-state index contributed by atoms with van der Waals surface area (Å²) >= 11 is 0. The van der Waals surface area contributed by atoms with Gasteiger partial charge in [0.25, 0.3) is 10.0 Å². The minimum atomic E-state index is -4.96. The molecule has 26 heavy (non-hydrogen) atoms. The van der Waals surface area contributed by atoms with Crippen LogP contribution in [0.1, 0.15) is 16.7 Å². The van der Waals surface area contributed by atoms with Gasteiger partial charge in [0.1, 0.15) is 0 Å². The molecule has 0 radical (unpaired) electrons. The maximum atomic E-state index is 13.0. The second-order valence-corrected chi connectivity index (χ2v) is 6.62. The third kappa shape index (κ3) is 4.08. The molecule has 138 valence electrons. The van der Waals surface area contributed by atoms with Crippen LogP contribution in [0.5, 0.6) is 0 Å². The number of nitrogens with zero attached hydrogens (tertiary/aromatic N) is 1. The molecule has 2 aromatic carbocycles. The van der Waals surface area contributed by atoms with E-state index in [1.54, 1.807) is 4.72 Å². The lowest BCUT2D eigenvalue weighted by Gasteiger charge is -2.15. The lowest BCUT2D eigenvalue weighted by Crippen LogP contribution is -2.19. The molecule has 0 spiro atoms. The molecule has 0 aliphatic carbocycles. The zero-order chi connectivity index (χ0) is 19.8. The SMILES string of the molecule is N#Cc1cc(NS(=O)(=O)c2ccccc2C(F)(F)F)ccc1C(F)(F)F. The largest absolute Gasteiger partial charge is 0.417 e. The number of alkyl halides is 6. The fraction of sp³-hybridized carbons (Fsp3) is 0.133. The van der Waals surface area contributed by atoms with Crippen LogP contribution < -0.4 is 4.72 Å². The van der Waals surface area contributed by atoms with Crippen LogP contribution in [0.4, 0.5) is 32.0 Å². The molecule has 2 rings (SSSR count). The standard InChI is InChI=1S/C15H8F6N2O2S/c16-14(17,18)11-6-5-10(7-9(11)8-22)23-26(24,25)13-4-2-1-3-12(13)15(19,20)21/h1-7,23H. The van der Waals surface area contributed by atoms with E-state index in [-0.39, 0.29) is 0 Å². The van der Waals surface area contributed by atoms with E-state index in [1.165, 1.54) is 6.07 Å². The maximum absolute atomic E-state index is 13.0. The summed E-state index contributed by atoms with van der Waals surface area (Å²) in [5.41, 5.74) is -4.08. The molecule has 4 nitrogen and oxygen atoms in total. The highest BCUT2D eigenvalue weighted by atomic mass is 32.2. The molecule has 0 saturated carbocycles. The zero-order valence-corrected chi connectivity index (χ0v) is 13.3. The normalized spacial score (nSPS) is 12.5. The van der Waals surface area contributed by atoms with Crippen LogP contribution in [0, 0.1) is 11.3 Å². The summed E-state index contributed by atoms with van der Waals surface area (Å²) in [4.78, 5) is -1.09. The van der Waals surface area contributed by atoms with Gasteiger partial charge in [-0.05, 0) is 30.3 Å². The van der Waals surface area contributed by atoms with Crippen LogP contribution in [0.25, 0.3) is 0 Å². The molecular weight excluding hydrogens is 386 g/mol. The molecule has 0 aliphatic rings. The van der Waals surface area contributed by atoms with E-state index < -0.39 is 49.6 Å². The molecular formula is C15H8F6N2O2S. The van der Waals surface area contributed by atoms with Crippen LogP contribution in [-0.2, 0) is 22.4 Å². The number of hydrogen-bond acceptors (Lipinski definition) is 3. The smallest absolute Gasteiger partial charge is 0.280 e. The van der Waals surface area contributed by atoms with Crippen LogP contribution in [0.2, 0.25) is 0 Å².